The van der Waals surface area contributed by atoms with Crippen molar-refractivity contribution in [1.29, 1.82) is 0 Å². The number of nitrogens with one attached hydrogen (secondary N) is 1. The van der Waals surface area contributed by atoms with Crippen molar-refractivity contribution in [1.82, 2.24) is 15.5 Å². The summed E-state index contributed by atoms with van der Waals surface area (Å²) in [7, 11) is 0. The van der Waals surface area contributed by atoms with Crippen molar-refractivity contribution >= 4 is 39.0 Å². The lowest BCUT2D eigenvalue weighted by atomic mass is 10.2. The van der Waals surface area contributed by atoms with E-state index in [1.807, 2.05) is 6.92 Å². The Labute approximate surface area is 124 Å². The number of rotatable bonds is 5. The van der Waals surface area contributed by atoms with Gasteiger partial charge in [-0.15, -0.1) is 10.2 Å². The molecule has 1 aromatic heterocycles. The third-order valence-electron chi connectivity index (χ3n) is 2.30. The van der Waals surface area contributed by atoms with Crippen molar-refractivity contribution in [2.45, 2.75) is 29.6 Å². The molecule has 0 fully saturated rings. The molecule has 0 atom stereocenters. The third-order valence-corrected chi connectivity index (χ3v) is 4.78. The Hall–Kier alpha value is -0.430. The molecule has 6 heteroatoms. The van der Waals surface area contributed by atoms with Crippen LogP contribution < -0.4 is 5.32 Å². The van der Waals surface area contributed by atoms with Gasteiger partial charge in [0.05, 0.1) is 0 Å². The summed E-state index contributed by atoms with van der Waals surface area (Å²) in [5, 5.41) is 12.6. The average Bonchev–Trinajstić information content (AvgIpc) is 2.74. The molecule has 3 nitrogen and oxygen atoms in total. The van der Waals surface area contributed by atoms with Gasteiger partial charge in [-0.1, -0.05) is 52.0 Å². The zero-order valence-corrected chi connectivity index (χ0v) is 13.5. The second-order valence-corrected chi connectivity index (χ2v) is 7.11. The summed E-state index contributed by atoms with van der Waals surface area (Å²) in [6.07, 6.45) is 0. The van der Waals surface area contributed by atoms with Crippen molar-refractivity contribution in [3.8, 4) is 0 Å². The molecule has 0 aliphatic rings. The van der Waals surface area contributed by atoms with Crippen LogP contribution in [0.4, 0.5) is 0 Å². The van der Waals surface area contributed by atoms with Crippen LogP contribution in [-0.2, 0) is 6.54 Å². The summed E-state index contributed by atoms with van der Waals surface area (Å²) in [6.45, 7) is 5.93. The first-order valence-corrected chi connectivity index (χ1v) is 8.08. The molecule has 2 rings (SSSR count). The first-order chi connectivity index (χ1) is 8.69. The third kappa shape index (κ3) is 3.78. The van der Waals surface area contributed by atoms with Gasteiger partial charge in [-0.25, -0.2) is 0 Å². The lowest BCUT2D eigenvalue weighted by molar-refractivity contribution is 0.717. The lowest BCUT2D eigenvalue weighted by Crippen LogP contribution is -2.12. The van der Waals surface area contributed by atoms with Crippen LogP contribution in [0.1, 0.15) is 17.5 Å². The van der Waals surface area contributed by atoms with Gasteiger partial charge in [0.1, 0.15) is 5.01 Å². The molecular formula is C12H14BrN3S2. The Bertz CT molecular complexity index is 528. The molecule has 96 valence electrons. The maximum atomic E-state index is 4.16. The Morgan fingerprint density at radius 2 is 2.22 bits per heavy atom. The van der Waals surface area contributed by atoms with Gasteiger partial charge in [-0.2, -0.15) is 0 Å². The molecule has 0 bridgehead atoms. The van der Waals surface area contributed by atoms with Gasteiger partial charge in [0.2, 0.25) is 0 Å². The minimum Gasteiger partial charge on any atom is -0.313 e. The quantitative estimate of drug-likeness (QED) is 0.894. The molecule has 0 unspecified atom stereocenters. The molecule has 1 N–H and O–H groups in total. The van der Waals surface area contributed by atoms with Crippen molar-refractivity contribution in [2.75, 3.05) is 6.54 Å². The van der Waals surface area contributed by atoms with E-state index in [1.54, 1.807) is 23.1 Å². The number of nitrogens with zero attached hydrogens (tertiary/aromatic N) is 2. The zero-order chi connectivity index (χ0) is 13.0. The molecule has 0 aliphatic carbocycles. The largest absolute Gasteiger partial charge is 0.313 e. The zero-order valence-electron chi connectivity index (χ0n) is 10.2. The van der Waals surface area contributed by atoms with E-state index in [2.05, 4.69) is 56.6 Å². The molecule has 1 aromatic carbocycles. The molecule has 1 heterocycles. The first-order valence-electron chi connectivity index (χ1n) is 5.66. The number of hydrogen-bond acceptors (Lipinski definition) is 5. The molecular weight excluding hydrogens is 330 g/mol. The van der Waals surface area contributed by atoms with Crippen LogP contribution in [-0.4, -0.2) is 16.7 Å². The van der Waals surface area contributed by atoms with Crippen LogP contribution in [0.2, 0.25) is 0 Å². The summed E-state index contributed by atoms with van der Waals surface area (Å²) in [4.78, 5) is 1.22. The van der Waals surface area contributed by atoms with Gasteiger partial charge < -0.3 is 5.32 Å². The number of hydrogen-bond donors (Lipinski definition) is 1. The highest BCUT2D eigenvalue weighted by atomic mass is 79.9. The van der Waals surface area contributed by atoms with Crippen molar-refractivity contribution < 1.29 is 0 Å². The Kier molecular flexibility index (Phi) is 5.17. The van der Waals surface area contributed by atoms with Crippen LogP contribution in [0.25, 0.3) is 0 Å². The van der Waals surface area contributed by atoms with E-state index in [0.29, 0.717) is 0 Å². The Morgan fingerprint density at radius 3 is 2.89 bits per heavy atom. The van der Waals surface area contributed by atoms with E-state index in [4.69, 9.17) is 0 Å². The van der Waals surface area contributed by atoms with Crippen molar-refractivity contribution in [3.63, 3.8) is 0 Å². The Morgan fingerprint density at radius 1 is 1.39 bits per heavy atom. The lowest BCUT2D eigenvalue weighted by Gasteiger charge is -2.08. The molecule has 2 aromatic rings. The monoisotopic (exact) mass is 343 g/mol. The summed E-state index contributed by atoms with van der Waals surface area (Å²) < 4.78 is 2.08. The van der Waals surface area contributed by atoms with Gasteiger partial charge in [-0.05, 0) is 31.2 Å². The average molecular weight is 344 g/mol. The molecule has 0 amide bonds. The fraction of sp³-hybridized carbons (Fsp3) is 0.333. The smallest absolute Gasteiger partial charge is 0.179 e. The molecule has 0 spiro atoms. The highest BCUT2D eigenvalue weighted by molar-refractivity contribution is 9.10. The molecule has 0 saturated heterocycles. The van der Waals surface area contributed by atoms with E-state index in [9.17, 15) is 0 Å². The fourth-order valence-corrected chi connectivity index (χ4v) is 3.90. The maximum absolute atomic E-state index is 4.16. The van der Waals surface area contributed by atoms with Gasteiger partial charge in [0, 0.05) is 15.9 Å². The molecule has 0 aliphatic heterocycles. The standard InChI is InChI=1S/C12H14BrN3S2/c1-3-14-7-9-4-5-10(13)6-11(9)18-12-16-15-8(2)17-12/h4-6,14H,3,7H2,1-2H3. The number of benzene rings is 1. The van der Waals surface area contributed by atoms with E-state index in [1.165, 1.54) is 10.5 Å². The van der Waals surface area contributed by atoms with Gasteiger partial charge in [-0.3, -0.25) is 0 Å². The second kappa shape index (κ2) is 6.65. The Balaban J connectivity index is 2.21. The van der Waals surface area contributed by atoms with Crippen LogP contribution in [0.15, 0.2) is 31.9 Å². The predicted molar refractivity (Wildman–Crippen MR) is 80.3 cm³/mol. The summed E-state index contributed by atoms with van der Waals surface area (Å²) >= 11 is 6.82. The number of halogens is 1. The highest BCUT2D eigenvalue weighted by Crippen LogP contribution is 2.34. The van der Waals surface area contributed by atoms with E-state index >= 15 is 0 Å². The highest BCUT2D eigenvalue weighted by Gasteiger charge is 2.08. The summed E-state index contributed by atoms with van der Waals surface area (Å²) in [6, 6.07) is 6.35. The van der Waals surface area contributed by atoms with Gasteiger partial charge in [0.15, 0.2) is 4.34 Å². The fourth-order valence-electron chi connectivity index (χ4n) is 1.44. The maximum Gasteiger partial charge on any atom is 0.179 e. The molecule has 0 saturated carbocycles. The van der Waals surface area contributed by atoms with E-state index in [0.717, 1.165) is 26.9 Å². The predicted octanol–water partition coefficient (Wildman–Crippen LogP) is 3.87. The van der Waals surface area contributed by atoms with Crippen molar-refractivity contribution in [2.24, 2.45) is 0 Å². The number of aryl methyl sites for hydroxylation is 1. The van der Waals surface area contributed by atoms with Crippen molar-refractivity contribution in [3.05, 3.63) is 33.2 Å². The van der Waals surface area contributed by atoms with Crippen LogP contribution in [0.5, 0.6) is 0 Å². The van der Waals surface area contributed by atoms with E-state index in [-0.39, 0.29) is 0 Å². The topological polar surface area (TPSA) is 37.8 Å². The van der Waals surface area contributed by atoms with Crippen LogP contribution in [0.3, 0.4) is 0 Å². The molecule has 18 heavy (non-hydrogen) atoms. The van der Waals surface area contributed by atoms with Crippen LogP contribution in [0, 0.1) is 6.92 Å². The minimum atomic E-state index is 0.879. The minimum absolute atomic E-state index is 0.879. The van der Waals surface area contributed by atoms with Gasteiger partial charge >= 0.3 is 0 Å². The molecule has 0 radical (unpaired) electrons. The normalized spacial score (nSPS) is 10.8. The van der Waals surface area contributed by atoms with E-state index < -0.39 is 0 Å². The first kappa shape index (κ1) is 14.0. The SMILES string of the molecule is CCNCc1ccc(Br)cc1Sc1nnc(C)s1. The van der Waals surface area contributed by atoms with Crippen LogP contribution >= 0.6 is 39.0 Å². The number of aromatic nitrogens is 2. The second-order valence-electron chi connectivity index (χ2n) is 3.72. The summed E-state index contributed by atoms with van der Waals surface area (Å²) in [5.41, 5.74) is 1.29. The van der Waals surface area contributed by atoms with Gasteiger partial charge in [0.25, 0.3) is 0 Å². The summed E-state index contributed by atoms with van der Waals surface area (Å²) in [5.74, 6) is 0.